The predicted molar refractivity (Wildman–Crippen MR) is 132 cm³/mol. The van der Waals surface area contributed by atoms with Crippen LogP contribution in [0.4, 0.5) is 0 Å². The van der Waals surface area contributed by atoms with Gasteiger partial charge in [-0.25, -0.2) is 13.2 Å². The summed E-state index contributed by atoms with van der Waals surface area (Å²) < 4.78 is 31.1. The number of aromatic nitrogens is 1. The minimum atomic E-state index is -4.18. The molecule has 2 aliphatic heterocycles. The van der Waals surface area contributed by atoms with Crippen LogP contribution in [0.2, 0.25) is 0 Å². The molecule has 2 aromatic carbocycles. The van der Waals surface area contributed by atoms with Crippen LogP contribution >= 0.6 is 0 Å². The first-order valence-corrected chi connectivity index (χ1v) is 12.9. The standard InChI is InChI=1S/C27H24N2O6S/c1-27(17-30)23(26(32)35-22(18-10-4-2-5-11-18)19-12-6-3-7-13-19)29-24(31)21(25(29)36(27,33)34)16-20-14-8-9-15-28-20/h2-16,22-23,25,30H,17H2,1H3/t23-,25+,27-/m0/s1. The Morgan fingerprint density at radius 1 is 1.06 bits per heavy atom. The lowest BCUT2D eigenvalue weighted by molar-refractivity contribution is -0.161. The van der Waals surface area contributed by atoms with Gasteiger partial charge in [-0.1, -0.05) is 66.7 Å². The maximum Gasteiger partial charge on any atom is 0.331 e. The lowest BCUT2D eigenvalue weighted by Gasteiger charge is -2.39. The summed E-state index contributed by atoms with van der Waals surface area (Å²) in [4.78, 5) is 31.9. The number of amides is 1. The van der Waals surface area contributed by atoms with Crippen LogP contribution in [-0.4, -0.2) is 58.1 Å². The smallest absolute Gasteiger partial charge is 0.331 e. The quantitative estimate of drug-likeness (QED) is 0.312. The van der Waals surface area contributed by atoms with Crippen molar-refractivity contribution in [3.05, 3.63) is 107 Å². The molecule has 3 aromatic rings. The first kappa shape index (κ1) is 23.9. The Morgan fingerprint density at radius 2 is 1.64 bits per heavy atom. The summed E-state index contributed by atoms with van der Waals surface area (Å²) in [5.41, 5.74) is 1.80. The summed E-state index contributed by atoms with van der Waals surface area (Å²) in [6.45, 7) is 0.422. The van der Waals surface area contributed by atoms with E-state index >= 15 is 0 Å². The summed E-state index contributed by atoms with van der Waals surface area (Å²) >= 11 is 0. The zero-order valence-corrected chi connectivity index (χ0v) is 20.2. The number of hydrogen-bond acceptors (Lipinski definition) is 7. The second-order valence-corrected chi connectivity index (χ2v) is 11.4. The van der Waals surface area contributed by atoms with Crippen molar-refractivity contribution in [2.45, 2.75) is 29.2 Å². The van der Waals surface area contributed by atoms with E-state index in [1.807, 2.05) is 12.1 Å². The molecule has 1 N–H and O–H groups in total. The van der Waals surface area contributed by atoms with Crippen LogP contribution in [0, 0.1) is 0 Å². The van der Waals surface area contributed by atoms with Crippen molar-refractivity contribution < 1.29 is 27.9 Å². The first-order chi connectivity index (χ1) is 17.3. The number of ether oxygens (including phenoxy) is 1. The Morgan fingerprint density at radius 3 is 2.17 bits per heavy atom. The van der Waals surface area contributed by atoms with E-state index in [-0.39, 0.29) is 5.57 Å². The average molecular weight is 505 g/mol. The molecular formula is C27H24N2O6S. The molecule has 8 nitrogen and oxygen atoms in total. The summed E-state index contributed by atoms with van der Waals surface area (Å²) in [6, 6.07) is 21.6. The summed E-state index contributed by atoms with van der Waals surface area (Å²) in [6.07, 6.45) is 2.11. The molecule has 9 heteroatoms. The third kappa shape index (κ3) is 3.63. The SMILES string of the molecule is C[C@]1(CO)[C@H](C(=O)OC(c2ccccc2)c2ccccc2)N2C(=O)C(=Cc3ccccn3)[C@H]2S1(=O)=O. The van der Waals surface area contributed by atoms with E-state index < -0.39 is 50.6 Å². The molecule has 184 valence electrons. The number of hydrogen-bond donors (Lipinski definition) is 1. The normalized spacial score (nSPS) is 25.5. The Balaban J connectivity index is 1.53. The van der Waals surface area contributed by atoms with Crippen LogP contribution in [0.3, 0.4) is 0 Å². The lowest BCUT2D eigenvalue weighted by atomic mass is 9.94. The largest absolute Gasteiger partial charge is 0.451 e. The fraction of sp³-hybridized carbons (Fsp3) is 0.222. The van der Waals surface area contributed by atoms with Crippen molar-refractivity contribution >= 4 is 27.8 Å². The Labute approximate surface area is 208 Å². The Bertz CT molecular complexity index is 1390. The number of carbonyl (C=O) groups excluding carboxylic acids is 2. The molecule has 0 bridgehead atoms. The Kier molecular flexibility index (Phi) is 5.97. The van der Waals surface area contributed by atoms with Crippen molar-refractivity contribution in [1.29, 1.82) is 0 Å². The number of rotatable bonds is 6. The highest BCUT2D eigenvalue weighted by Gasteiger charge is 2.72. The van der Waals surface area contributed by atoms with Gasteiger partial charge in [-0.05, 0) is 36.3 Å². The maximum atomic E-state index is 13.6. The highest BCUT2D eigenvalue weighted by molar-refractivity contribution is 7.94. The Hall–Kier alpha value is -3.82. The second kappa shape index (κ2) is 9.00. The fourth-order valence-electron chi connectivity index (χ4n) is 4.78. The van der Waals surface area contributed by atoms with Crippen LogP contribution in [0.1, 0.15) is 29.8 Å². The van der Waals surface area contributed by atoms with Crippen LogP contribution in [-0.2, 0) is 24.2 Å². The van der Waals surface area contributed by atoms with Crippen molar-refractivity contribution in [3.8, 4) is 0 Å². The van der Waals surface area contributed by atoms with Crippen LogP contribution in [0.15, 0.2) is 90.6 Å². The number of benzene rings is 2. The molecule has 0 radical (unpaired) electrons. The molecule has 3 heterocycles. The minimum absolute atomic E-state index is 0.00587. The molecule has 0 spiro atoms. The van der Waals surface area contributed by atoms with Gasteiger partial charge in [0.05, 0.1) is 17.9 Å². The van der Waals surface area contributed by atoms with Gasteiger partial charge in [0, 0.05) is 6.20 Å². The number of fused-ring (bicyclic) bond motifs is 1. The van der Waals surface area contributed by atoms with Gasteiger partial charge in [0.2, 0.25) is 0 Å². The van der Waals surface area contributed by atoms with Gasteiger partial charge < -0.3 is 14.7 Å². The van der Waals surface area contributed by atoms with Gasteiger partial charge in [-0.2, -0.15) is 0 Å². The molecule has 0 aliphatic carbocycles. The molecule has 2 aliphatic rings. The summed E-state index contributed by atoms with van der Waals surface area (Å²) in [5.74, 6) is -1.51. The third-order valence-corrected chi connectivity index (χ3v) is 9.49. The molecule has 0 unspecified atom stereocenters. The van der Waals surface area contributed by atoms with Gasteiger partial charge in [-0.3, -0.25) is 9.78 Å². The van der Waals surface area contributed by atoms with Gasteiger partial charge in [0.1, 0.15) is 4.75 Å². The van der Waals surface area contributed by atoms with E-state index in [0.717, 1.165) is 4.90 Å². The number of carbonyl (C=O) groups is 2. The zero-order valence-electron chi connectivity index (χ0n) is 19.4. The summed E-state index contributed by atoms with van der Waals surface area (Å²) in [5, 5.41) is 8.85. The van der Waals surface area contributed by atoms with Gasteiger partial charge in [-0.15, -0.1) is 0 Å². The van der Waals surface area contributed by atoms with Crippen LogP contribution < -0.4 is 0 Å². The topological polar surface area (TPSA) is 114 Å². The number of aliphatic hydroxyl groups excluding tert-OH is 1. The van der Waals surface area contributed by atoms with E-state index in [9.17, 15) is 23.1 Å². The number of esters is 1. The molecule has 3 atom stereocenters. The number of pyridine rings is 1. The molecule has 1 amide bonds. The molecule has 0 saturated carbocycles. The maximum absolute atomic E-state index is 13.6. The number of nitrogens with zero attached hydrogens (tertiary/aromatic N) is 2. The first-order valence-electron chi connectivity index (χ1n) is 11.4. The van der Waals surface area contributed by atoms with E-state index in [4.69, 9.17) is 4.74 Å². The average Bonchev–Trinajstić information content (AvgIpc) is 3.08. The highest BCUT2D eigenvalue weighted by atomic mass is 32.2. The zero-order chi connectivity index (χ0) is 25.5. The second-order valence-electron chi connectivity index (χ2n) is 8.98. The van der Waals surface area contributed by atoms with Crippen molar-refractivity contribution in [2.24, 2.45) is 0 Å². The van der Waals surface area contributed by atoms with Gasteiger partial charge in [0.15, 0.2) is 27.4 Å². The van der Waals surface area contributed by atoms with Crippen molar-refractivity contribution in [3.63, 3.8) is 0 Å². The molecule has 2 saturated heterocycles. The van der Waals surface area contributed by atoms with Gasteiger partial charge in [0.25, 0.3) is 5.91 Å². The van der Waals surface area contributed by atoms with E-state index in [2.05, 4.69) is 4.98 Å². The summed E-state index contributed by atoms with van der Waals surface area (Å²) in [7, 11) is -4.18. The monoisotopic (exact) mass is 504 g/mol. The number of β-lactam (4-membered cyclic amide) rings is 1. The van der Waals surface area contributed by atoms with E-state index in [0.29, 0.717) is 16.8 Å². The van der Waals surface area contributed by atoms with E-state index in [1.165, 1.54) is 19.2 Å². The van der Waals surface area contributed by atoms with Gasteiger partial charge >= 0.3 is 5.97 Å². The van der Waals surface area contributed by atoms with Crippen molar-refractivity contribution in [2.75, 3.05) is 6.61 Å². The molecule has 36 heavy (non-hydrogen) atoms. The minimum Gasteiger partial charge on any atom is -0.451 e. The fourth-order valence-corrected chi connectivity index (χ4v) is 7.01. The van der Waals surface area contributed by atoms with Crippen LogP contribution in [0.5, 0.6) is 0 Å². The molecule has 1 aromatic heterocycles. The van der Waals surface area contributed by atoms with Crippen LogP contribution in [0.25, 0.3) is 6.08 Å². The number of aliphatic hydroxyl groups is 1. The molecular weight excluding hydrogens is 480 g/mol. The highest BCUT2D eigenvalue weighted by Crippen LogP contribution is 2.49. The lowest BCUT2D eigenvalue weighted by Crippen LogP contribution is -2.60. The third-order valence-electron chi connectivity index (χ3n) is 6.77. The predicted octanol–water partition coefficient (Wildman–Crippen LogP) is 2.51. The number of sulfone groups is 1. The molecule has 5 rings (SSSR count). The molecule has 2 fully saturated rings. The van der Waals surface area contributed by atoms with E-state index in [1.54, 1.807) is 66.7 Å². The van der Waals surface area contributed by atoms with Crippen molar-refractivity contribution in [1.82, 2.24) is 9.88 Å².